The minimum absolute atomic E-state index is 0.00979. The molecule has 7 nitrogen and oxygen atoms in total. The molecular formula is C11H9N5O2. The van der Waals surface area contributed by atoms with Gasteiger partial charge in [-0.25, -0.2) is 19.4 Å². The minimum atomic E-state index is -1.03. The molecule has 0 amide bonds. The molecule has 0 aliphatic carbocycles. The summed E-state index contributed by atoms with van der Waals surface area (Å²) in [5.41, 5.74) is 0.768. The average molecular weight is 243 g/mol. The number of carboxylic acid groups (broad SMARTS) is 1. The number of aryl methyl sites for hydroxylation is 1. The number of rotatable bonds is 3. The lowest BCUT2D eigenvalue weighted by molar-refractivity contribution is 0.0696. The number of carbonyl (C=O) groups is 1. The number of hydrogen-bond acceptors (Lipinski definition) is 5. The summed E-state index contributed by atoms with van der Waals surface area (Å²) in [5.74, 6) is -0.690. The lowest BCUT2D eigenvalue weighted by Crippen LogP contribution is -2.06. The van der Waals surface area contributed by atoms with Crippen LogP contribution >= 0.6 is 0 Å². The standard InChI is InChI=1S/C11H9N5O2/c1-2-8-3-7(11(17)18)4-10(14-8)16-6-13-9(5-12)15-16/h3-4,6H,2H2,1H3,(H,17,18). The van der Waals surface area contributed by atoms with Crippen molar-refractivity contribution in [1.29, 1.82) is 5.26 Å². The second kappa shape index (κ2) is 4.63. The summed E-state index contributed by atoms with van der Waals surface area (Å²) in [6.07, 6.45) is 1.93. The number of nitrogens with zero attached hydrogens (tertiary/aromatic N) is 5. The summed E-state index contributed by atoms with van der Waals surface area (Å²) in [7, 11) is 0. The summed E-state index contributed by atoms with van der Waals surface area (Å²) < 4.78 is 1.28. The molecule has 0 bridgehead atoms. The minimum Gasteiger partial charge on any atom is -0.478 e. The Morgan fingerprint density at radius 1 is 1.56 bits per heavy atom. The van der Waals surface area contributed by atoms with Crippen molar-refractivity contribution < 1.29 is 9.90 Å². The van der Waals surface area contributed by atoms with E-state index >= 15 is 0 Å². The molecule has 0 unspecified atom stereocenters. The topological polar surface area (TPSA) is 105 Å². The third kappa shape index (κ3) is 2.17. The molecule has 0 spiro atoms. The molecule has 0 fully saturated rings. The molecule has 2 aromatic heterocycles. The SMILES string of the molecule is CCc1cc(C(=O)O)cc(-n2cnc(C#N)n2)n1. The van der Waals surface area contributed by atoms with E-state index in [0.29, 0.717) is 17.9 Å². The Hall–Kier alpha value is -2.75. The molecular weight excluding hydrogens is 234 g/mol. The summed E-state index contributed by atoms with van der Waals surface area (Å²) in [5, 5.41) is 21.5. The van der Waals surface area contributed by atoms with Crippen molar-refractivity contribution in [2.75, 3.05) is 0 Å². The molecule has 18 heavy (non-hydrogen) atoms. The van der Waals surface area contributed by atoms with Crippen molar-refractivity contribution in [2.24, 2.45) is 0 Å². The summed E-state index contributed by atoms with van der Waals surface area (Å²) in [6.45, 7) is 1.87. The molecule has 0 saturated carbocycles. The van der Waals surface area contributed by atoms with Gasteiger partial charge in [-0.15, -0.1) is 5.10 Å². The highest BCUT2D eigenvalue weighted by atomic mass is 16.4. The zero-order valence-corrected chi connectivity index (χ0v) is 9.53. The predicted molar refractivity (Wildman–Crippen MR) is 60.2 cm³/mol. The molecule has 1 N–H and O–H groups in total. The van der Waals surface area contributed by atoms with Crippen molar-refractivity contribution in [2.45, 2.75) is 13.3 Å². The van der Waals surface area contributed by atoms with Crippen LogP contribution in [0.15, 0.2) is 18.5 Å². The number of aromatic carboxylic acids is 1. The van der Waals surface area contributed by atoms with Gasteiger partial charge in [0.05, 0.1) is 5.56 Å². The predicted octanol–water partition coefficient (Wildman–Crippen LogP) is 0.795. The van der Waals surface area contributed by atoms with Crippen LogP contribution in [0.5, 0.6) is 0 Å². The average Bonchev–Trinajstić information content (AvgIpc) is 2.86. The molecule has 90 valence electrons. The van der Waals surface area contributed by atoms with Crippen molar-refractivity contribution in [3.05, 3.63) is 35.5 Å². The maximum Gasteiger partial charge on any atom is 0.335 e. The Balaban J connectivity index is 2.53. The van der Waals surface area contributed by atoms with E-state index in [-0.39, 0.29) is 11.4 Å². The van der Waals surface area contributed by atoms with Gasteiger partial charge < -0.3 is 5.11 Å². The molecule has 2 heterocycles. The Labute approximate surface area is 102 Å². The highest BCUT2D eigenvalue weighted by Crippen LogP contribution is 2.10. The van der Waals surface area contributed by atoms with Crippen LogP contribution in [0.25, 0.3) is 5.82 Å². The summed E-state index contributed by atoms with van der Waals surface area (Å²) >= 11 is 0. The van der Waals surface area contributed by atoms with Crippen LogP contribution in [-0.2, 0) is 6.42 Å². The Bertz CT molecular complexity index is 641. The fourth-order valence-electron chi connectivity index (χ4n) is 1.42. The van der Waals surface area contributed by atoms with E-state index in [9.17, 15) is 4.79 Å². The highest BCUT2D eigenvalue weighted by Gasteiger charge is 2.10. The normalized spacial score (nSPS) is 10.0. The largest absolute Gasteiger partial charge is 0.478 e. The van der Waals surface area contributed by atoms with Crippen LogP contribution in [0.1, 0.15) is 28.8 Å². The molecule has 2 rings (SSSR count). The van der Waals surface area contributed by atoms with Crippen molar-refractivity contribution in [1.82, 2.24) is 19.7 Å². The third-order valence-corrected chi connectivity index (χ3v) is 2.30. The number of nitriles is 1. The Kier molecular flexibility index (Phi) is 3.02. The molecule has 0 aliphatic rings. The van der Waals surface area contributed by atoms with E-state index < -0.39 is 5.97 Å². The quantitative estimate of drug-likeness (QED) is 0.854. The van der Waals surface area contributed by atoms with Gasteiger partial charge in [0.25, 0.3) is 5.82 Å². The fourth-order valence-corrected chi connectivity index (χ4v) is 1.42. The van der Waals surface area contributed by atoms with Gasteiger partial charge in [-0.3, -0.25) is 0 Å². The van der Waals surface area contributed by atoms with Gasteiger partial charge in [0.2, 0.25) is 0 Å². The first kappa shape index (κ1) is 11.7. The maximum atomic E-state index is 11.0. The van der Waals surface area contributed by atoms with E-state index in [1.165, 1.54) is 23.1 Å². The number of aromatic nitrogens is 4. The van der Waals surface area contributed by atoms with Crippen LogP contribution in [0, 0.1) is 11.3 Å². The number of carboxylic acids is 1. The van der Waals surface area contributed by atoms with Gasteiger partial charge in [0.15, 0.2) is 5.82 Å². The van der Waals surface area contributed by atoms with Gasteiger partial charge in [-0.2, -0.15) is 5.26 Å². The first-order valence-electron chi connectivity index (χ1n) is 5.20. The van der Waals surface area contributed by atoms with Crippen LogP contribution in [0.2, 0.25) is 0 Å². The zero-order valence-electron chi connectivity index (χ0n) is 9.53. The van der Waals surface area contributed by atoms with Crippen molar-refractivity contribution >= 4 is 5.97 Å². The number of pyridine rings is 1. The Morgan fingerprint density at radius 2 is 2.33 bits per heavy atom. The second-order valence-corrected chi connectivity index (χ2v) is 3.49. The van der Waals surface area contributed by atoms with E-state index in [4.69, 9.17) is 10.4 Å². The van der Waals surface area contributed by atoms with Gasteiger partial charge in [0, 0.05) is 5.69 Å². The van der Waals surface area contributed by atoms with Gasteiger partial charge >= 0.3 is 5.97 Å². The molecule has 0 atom stereocenters. The van der Waals surface area contributed by atoms with E-state index in [2.05, 4.69) is 15.1 Å². The van der Waals surface area contributed by atoms with Crippen molar-refractivity contribution in [3.8, 4) is 11.9 Å². The highest BCUT2D eigenvalue weighted by molar-refractivity contribution is 5.88. The summed E-state index contributed by atoms with van der Waals surface area (Å²) in [4.78, 5) is 19.0. The second-order valence-electron chi connectivity index (χ2n) is 3.49. The van der Waals surface area contributed by atoms with Crippen LogP contribution in [0.4, 0.5) is 0 Å². The lowest BCUT2D eigenvalue weighted by Gasteiger charge is -2.04. The monoisotopic (exact) mass is 243 g/mol. The molecule has 0 aliphatic heterocycles. The van der Waals surface area contributed by atoms with Gasteiger partial charge in [-0.1, -0.05) is 6.92 Å². The van der Waals surface area contributed by atoms with Gasteiger partial charge in [0.1, 0.15) is 12.4 Å². The lowest BCUT2D eigenvalue weighted by atomic mass is 10.2. The van der Waals surface area contributed by atoms with Crippen molar-refractivity contribution in [3.63, 3.8) is 0 Å². The molecule has 0 aromatic carbocycles. The van der Waals surface area contributed by atoms with Crippen LogP contribution in [0.3, 0.4) is 0 Å². The van der Waals surface area contributed by atoms with E-state index in [1.807, 2.05) is 6.92 Å². The maximum absolute atomic E-state index is 11.0. The fraction of sp³-hybridized carbons (Fsp3) is 0.182. The molecule has 7 heteroatoms. The molecule has 0 radical (unpaired) electrons. The first-order valence-corrected chi connectivity index (χ1v) is 5.20. The van der Waals surface area contributed by atoms with Crippen LogP contribution in [-0.4, -0.2) is 30.8 Å². The number of hydrogen-bond donors (Lipinski definition) is 1. The molecule has 2 aromatic rings. The first-order chi connectivity index (χ1) is 8.63. The zero-order chi connectivity index (χ0) is 13.1. The summed E-state index contributed by atoms with van der Waals surface area (Å²) in [6, 6.07) is 4.69. The smallest absolute Gasteiger partial charge is 0.335 e. The van der Waals surface area contributed by atoms with Gasteiger partial charge in [-0.05, 0) is 18.6 Å². The van der Waals surface area contributed by atoms with E-state index in [1.54, 1.807) is 6.07 Å². The van der Waals surface area contributed by atoms with E-state index in [0.717, 1.165) is 0 Å². The third-order valence-electron chi connectivity index (χ3n) is 2.30. The molecule has 0 saturated heterocycles. The van der Waals surface area contributed by atoms with Crippen LogP contribution < -0.4 is 0 Å². The Morgan fingerprint density at radius 3 is 2.89 bits per heavy atom.